The Kier molecular flexibility index (Phi) is 14.6. The zero-order valence-corrected chi connectivity index (χ0v) is 20.3. The molecule has 0 spiro atoms. The number of nitro groups is 2. The molecule has 0 aliphatic carbocycles. The minimum Gasteiger partial charge on any atom is -0.393 e. The maximum absolute atomic E-state index is 11.4. The van der Waals surface area contributed by atoms with Crippen molar-refractivity contribution in [1.82, 2.24) is 4.90 Å². The molecule has 0 aromatic heterocycles. The maximum atomic E-state index is 11.4. The van der Waals surface area contributed by atoms with Gasteiger partial charge in [-0.15, -0.1) is 0 Å². The molecule has 2 atom stereocenters. The Labute approximate surface area is 208 Å². The number of nitrogens with zero attached hydrogens (tertiary/aromatic N) is 3. The van der Waals surface area contributed by atoms with Crippen LogP contribution in [0.2, 0.25) is 0 Å². The fourth-order valence-electron chi connectivity index (χ4n) is 3.79. The number of aliphatic hydroxyl groups is 2. The number of fused-ring (bicyclic) bond motifs is 1. The monoisotopic (exact) mass is 525 g/mol. The number of hydrogen-bond donors (Lipinski definition) is 5. The number of rotatable bonds is 11. The first-order valence-electron chi connectivity index (χ1n) is 10.6. The third-order valence-corrected chi connectivity index (χ3v) is 5.14. The third-order valence-electron chi connectivity index (χ3n) is 5.14. The van der Waals surface area contributed by atoms with Crippen LogP contribution in [0.25, 0.3) is 10.8 Å². The van der Waals surface area contributed by atoms with Gasteiger partial charge in [0.15, 0.2) is 0 Å². The largest absolute Gasteiger partial charge is 2.00 e. The van der Waals surface area contributed by atoms with Crippen molar-refractivity contribution in [2.24, 2.45) is 17.2 Å². The SMILES string of the molecule is CC(O)C(c1c([N+](=O)[O-])cc([N+](=O)[O-])c2ccccc12)C(C)O.NCCN(CCN)CCN.[Co+2]. The summed E-state index contributed by atoms with van der Waals surface area (Å²) in [5.41, 5.74) is 15.3. The zero-order chi connectivity index (χ0) is 25.1. The van der Waals surface area contributed by atoms with Crippen LogP contribution in [0.15, 0.2) is 30.3 Å². The van der Waals surface area contributed by atoms with Crippen LogP contribution >= 0.6 is 0 Å². The second-order valence-electron chi connectivity index (χ2n) is 7.60. The van der Waals surface area contributed by atoms with Gasteiger partial charge in [0.05, 0.1) is 33.5 Å². The summed E-state index contributed by atoms with van der Waals surface area (Å²) in [5, 5.41) is 43.1. The average molecular weight is 525 g/mol. The Hall–Kier alpha value is -2.23. The number of nitro benzene ring substituents is 2. The molecule has 191 valence electrons. The van der Waals surface area contributed by atoms with Gasteiger partial charge in [-0.1, -0.05) is 18.2 Å². The van der Waals surface area contributed by atoms with Crippen molar-refractivity contribution < 1.29 is 36.8 Å². The third kappa shape index (κ3) is 8.52. The molecule has 0 heterocycles. The minimum atomic E-state index is -1.07. The van der Waals surface area contributed by atoms with Crippen molar-refractivity contribution in [2.75, 3.05) is 39.3 Å². The van der Waals surface area contributed by atoms with Crippen LogP contribution in [-0.4, -0.2) is 76.4 Å². The van der Waals surface area contributed by atoms with Crippen LogP contribution in [0.1, 0.15) is 25.3 Å². The van der Waals surface area contributed by atoms with Gasteiger partial charge in [0, 0.05) is 50.7 Å². The molecule has 0 saturated carbocycles. The summed E-state index contributed by atoms with van der Waals surface area (Å²) < 4.78 is 0. The fraction of sp³-hybridized carbons (Fsp3) is 0.524. The Morgan fingerprint density at radius 2 is 1.26 bits per heavy atom. The molecule has 0 aliphatic heterocycles. The van der Waals surface area contributed by atoms with E-state index in [4.69, 9.17) is 17.2 Å². The summed E-state index contributed by atoms with van der Waals surface area (Å²) in [4.78, 5) is 23.4. The van der Waals surface area contributed by atoms with Crippen molar-refractivity contribution in [3.8, 4) is 0 Å². The minimum absolute atomic E-state index is 0. The first kappa shape index (κ1) is 31.8. The van der Waals surface area contributed by atoms with Crippen LogP contribution in [0.3, 0.4) is 0 Å². The van der Waals surface area contributed by atoms with Crippen LogP contribution < -0.4 is 17.2 Å². The Morgan fingerprint density at radius 3 is 1.62 bits per heavy atom. The normalized spacial score (nSPS) is 13.4. The van der Waals surface area contributed by atoms with E-state index < -0.39 is 33.7 Å². The van der Waals surface area contributed by atoms with E-state index in [0.29, 0.717) is 19.6 Å². The Bertz CT molecular complexity index is 908. The van der Waals surface area contributed by atoms with Crippen molar-refractivity contribution in [3.63, 3.8) is 0 Å². The summed E-state index contributed by atoms with van der Waals surface area (Å²) in [7, 11) is 0. The van der Waals surface area contributed by atoms with Crippen molar-refractivity contribution in [1.29, 1.82) is 0 Å². The van der Waals surface area contributed by atoms with Gasteiger partial charge >= 0.3 is 16.8 Å². The molecule has 0 saturated heterocycles. The van der Waals surface area contributed by atoms with Gasteiger partial charge in [0.1, 0.15) is 0 Å². The van der Waals surface area contributed by atoms with E-state index in [1.165, 1.54) is 26.0 Å². The van der Waals surface area contributed by atoms with E-state index in [2.05, 4.69) is 4.90 Å². The molecule has 1 radical (unpaired) electrons. The summed E-state index contributed by atoms with van der Waals surface area (Å²) in [6.45, 7) is 7.56. The molecule has 13 heteroatoms. The molecule has 8 N–H and O–H groups in total. The quantitative estimate of drug-likeness (QED) is 0.204. The fourth-order valence-corrected chi connectivity index (χ4v) is 3.79. The Balaban J connectivity index is 0.000000844. The number of benzene rings is 2. The van der Waals surface area contributed by atoms with Crippen LogP contribution in [0, 0.1) is 20.2 Å². The number of hydrogen-bond acceptors (Lipinski definition) is 10. The first-order chi connectivity index (χ1) is 15.6. The van der Waals surface area contributed by atoms with Gasteiger partial charge < -0.3 is 27.4 Å². The second kappa shape index (κ2) is 15.6. The molecule has 0 bridgehead atoms. The van der Waals surface area contributed by atoms with Crippen molar-refractivity contribution >= 4 is 22.1 Å². The topological polar surface area (TPSA) is 208 Å². The molecule has 12 nitrogen and oxygen atoms in total. The predicted octanol–water partition coefficient (Wildman–Crippen LogP) is 0.663. The van der Waals surface area contributed by atoms with Gasteiger partial charge in [0.25, 0.3) is 11.4 Å². The molecule has 2 aromatic carbocycles. The Morgan fingerprint density at radius 1 is 0.853 bits per heavy atom. The standard InChI is InChI=1S/C15H16N2O6.C6H18N4.Co/c1-8(18)14(9(2)19)15-11-6-4-3-5-10(11)12(16(20)21)7-13(15)17(22)23;7-1-4-10(5-2-8)6-3-9;/h3-9,14,18-19H,1-2H3;1-9H2;/q;;+2. The molecular formula is C21H34CoN6O6+2. The van der Waals surface area contributed by atoms with Crippen LogP contribution in [0.4, 0.5) is 11.4 Å². The van der Waals surface area contributed by atoms with E-state index in [-0.39, 0.29) is 38.8 Å². The molecule has 2 unspecified atom stereocenters. The first-order valence-corrected chi connectivity index (χ1v) is 10.6. The van der Waals surface area contributed by atoms with Crippen LogP contribution in [-0.2, 0) is 16.8 Å². The van der Waals surface area contributed by atoms with Gasteiger partial charge in [0.2, 0.25) is 0 Å². The molecular weight excluding hydrogens is 491 g/mol. The maximum Gasteiger partial charge on any atom is 2.00 e. The zero-order valence-electron chi connectivity index (χ0n) is 19.3. The molecule has 0 amide bonds. The van der Waals surface area contributed by atoms with Gasteiger partial charge in [-0.25, -0.2) is 0 Å². The second-order valence-corrected chi connectivity index (χ2v) is 7.60. The number of aliphatic hydroxyl groups excluding tert-OH is 2. The number of nitrogens with two attached hydrogens (primary N) is 3. The molecule has 2 rings (SSSR count). The van der Waals surface area contributed by atoms with E-state index in [1.54, 1.807) is 12.1 Å². The summed E-state index contributed by atoms with van der Waals surface area (Å²) in [5.74, 6) is -0.943. The molecule has 2 aromatic rings. The van der Waals surface area contributed by atoms with Crippen LogP contribution in [0.5, 0.6) is 0 Å². The molecule has 0 fully saturated rings. The summed E-state index contributed by atoms with van der Waals surface area (Å²) in [6.07, 6.45) is -2.14. The van der Waals surface area contributed by atoms with E-state index >= 15 is 0 Å². The summed E-state index contributed by atoms with van der Waals surface area (Å²) >= 11 is 0. The van der Waals surface area contributed by atoms with E-state index in [1.807, 2.05) is 0 Å². The van der Waals surface area contributed by atoms with Gasteiger partial charge in [-0.3, -0.25) is 25.1 Å². The molecule has 0 aliphatic rings. The van der Waals surface area contributed by atoms with Crippen molar-refractivity contribution in [2.45, 2.75) is 32.0 Å². The van der Waals surface area contributed by atoms with Gasteiger partial charge in [-0.2, -0.15) is 0 Å². The predicted molar refractivity (Wildman–Crippen MR) is 127 cm³/mol. The average Bonchev–Trinajstić information content (AvgIpc) is 2.74. The van der Waals surface area contributed by atoms with E-state index in [9.17, 15) is 30.4 Å². The molecule has 34 heavy (non-hydrogen) atoms. The van der Waals surface area contributed by atoms with Gasteiger partial charge in [-0.05, 0) is 25.3 Å². The number of non-ortho nitro benzene ring substituents is 1. The summed E-state index contributed by atoms with van der Waals surface area (Å²) in [6, 6.07) is 7.07. The smallest absolute Gasteiger partial charge is 0.393 e. The van der Waals surface area contributed by atoms with Crippen molar-refractivity contribution in [3.05, 3.63) is 56.1 Å². The van der Waals surface area contributed by atoms with E-state index in [0.717, 1.165) is 25.7 Å².